The predicted octanol–water partition coefficient (Wildman–Crippen LogP) is 3.59. The first kappa shape index (κ1) is 19.8. The Balaban J connectivity index is 1.28. The zero-order valence-corrected chi connectivity index (χ0v) is 17.8. The van der Waals surface area contributed by atoms with Crippen molar-refractivity contribution in [2.24, 2.45) is 0 Å². The standard InChI is InChI=1S/C26H27N3O2/c1-19-17-21-10-5-11-22-24(21)29(19)18-23(25(22)30)26(31)28-15-13-27(14-16-28)12-6-9-20-7-3-2-4-8-20/h2-11,18-19H,12-17H2,1H3/b9-6+/t19-/m1/s1. The van der Waals surface area contributed by atoms with E-state index < -0.39 is 0 Å². The lowest BCUT2D eigenvalue weighted by Crippen LogP contribution is -2.49. The Kier molecular flexibility index (Phi) is 5.20. The van der Waals surface area contributed by atoms with Gasteiger partial charge in [-0.2, -0.15) is 0 Å². The molecule has 2 aliphatic heterocycles. The molecule has 0 radical (unpaired) electrons. The molecule has 3 aromatic rings. The number of piperazine rings is 1. The number of nitrogens with zero attached hydrogens (tertiary/aromatic N) is 3. The number of amides is 1. The fraction of sp³-hybridized carbons (Fsp3) is 0.308. The summed E-state index contributed by atoms with van der Waals surface area (Å²) in [5, 5.41) is 0.664. The third-order valence-electron chi connectivity index (χ3n) is 6.49. The lowest BCUT2D eigenvalue weighted by atomic mass is 10.1. The maximum Gasteiger partial charge on any atom is 0.259 e. The molecule has 5 rings (SSSR count). The summed E-state index contributed by atoms with van der Waals surface area (Å²) in [7, 11) is 0. The van der Waals surface area contributed by atoms with Gasteiger partial charge in [-0.05, 0) is 30.5 Å². The molecule has 1 atom stereocenters. The summed E-state index contributed by atoms with van der Waals surface area (Å²) in [5.74, 6) is -0.139. The summed E-state index contributed by atoms with van der Waals surface area (Å²) in [5.41, 5.74) is 3.54. The number of carbonyl (C=O) groups excluding carboxylic acids is 1. The van der Waals surface area contributed by atoms with E-state index in [1.165, 1.54) is 11.1 Å². The van der Waals surface area contributed by atoms with Crippen molar-refractivity contribution in [2.45, 2.75) is 19.4 Å². The van der Waals surface area contributed by atoms with Gasteiger partial charge < -0.3 is 9.47 Å². The van der Waals surface area contributed by atoms with E-state index in [0.717, 1.165) is 31.6 Å². The molecular formula is C26H27N3O2. The Labute approximate surface area is 182 Å². The van der Waals surface area contributed by atoms with E-state index in [0.29, 0.717) is 24.0 Å². The number of rotatable bonds is 4. The van der Waals surface area contributed by atoms with Crippen LogP contribution in [0.5, 0.6) is 0 Å². The predicted molar refractivity (Wildman–Crippen MR) is 124 cm³/mol. The maximum absolute atomic E-state index is 13.2. The van der Waals surface area contributed by atoms with Gasteiger partial charge in [0.05, 0.1) is 5.52 Å². The highest BCUT2D eigenvalue weighted by Crippen LogP contribution is 2.31. The average Bonchev–Trinajstić information content (AvgIpc) is 3.13. The van der Waals surface area contributed by atoms with Crippen LogP contribution in [0.4, 0.5) is 0 Å². The summed E-state index contributed by atoms with van der Waals surface area (Å²) in [4.78, 5) is 30.5. The average molecular weight is 414 g/mol. The van der Waals surface area contributed by atoms with Crippen molar-refractivity contribution in [3.8, 4) is 0 Å². The molecule has 1 fully saturated rings. The van der Waals surface area contributed by atoms with E-state index in [1.54, 1.807) is 6.20 Å². The maximum atomic E-state index is 13.2. The molecule has 5 heteroatoms. The quantitative estimate of drug-likeness (QED) is 0.657. The number of para-hydroxylation sites is 1. The Bertz CT molecular complexity index is 1200. The summed E-state index contributed by atoms with van der Waals surface area (Å²) < 4.78 is 2.12. The molecule has 0 saturated carbocycles. The minimum atomic E-state index is -0.139. The Morgan fingerprint density at radius 3 is 2.58 bits per heavy atom. The van der Waals surface area contributed by atoms with Gasteiger partial charge in [-0.3, -0.25) is 14.5 Å². The highest BCUT2D eigenvalue weighted by Gasteiger charge is 2.28. The van der Waals surface area contributed by atoms with E-state index in [1.807, 2.05) is 35.2 Å². The van der Waals surface area contributed by atoms with Crippen LogP contribution >= 0.6 is 0 Å². The van der Waals surface area contributed by atoms with E-state index >= 15 is 0 Å². The molecule has 158 valence electrons. The second kappa shape index (κ2) is 8.16. The largest absolute Gasteiger partial charge is 0.343 e. The minimum Gasteiger partial charge on any atom is -0.343 e. The van der Waals surface area contributed by atoms with E-state index in [4.69, 9.17) is 0 Å². The van der Waals surface area contributed by atoms with Crippen LogP contribution in [-0.4, -0.2) is 53.0 Å². The normalized spacial score (nSPS) is 18.9. The first-order valence-electron chi connectivity index (χ1n) is 11.0. The number of pyridine rings is 1. The van der Waals surface area contributed by atoms with E-state index in [-0.39, 0.29) is 17.4 Å². The topological polar surface area (TPSA) is 45.6 Å². The number of hydrogen-bond donors (Lipinski definition) is 0. The Hall–Kier alpha value is -3.18. The zero-order valence-electron chi connectivity index (χ0n) is 17.8. The summed E-state index contributed by atoms with van der Waals surface area (Å²) >= 11 is 0. The van der Waals surface area contributed by atoms with Crippen LogP contribution in [0.3, 0.4) is 0 Å². The third-order valence-corrected chi connectivity index (χ3v) is 6.49. The van der Waals surface area contributed by atoms with Crippen molar-refractivity contribution >= 4 is 22.9 Å². The summed E-state index contributed by atoms with van der Waals surface area (Å²) in [6, 6.07) is 16.4. The van der Waals surface area contributed by atoms with Crippen LogP contribution in [0.2, 0.25) is 0 Å². The van der Waals surface area contributed by atoms with Crippen LogP contribution in [0, 0.1) is 0 Å². The van der Waals surface area contributed by atoms with Gasteiger partial charge in [0.2, 0.25) is 5.43 Å². The molecule has 2 aliphatic rings. The second-order valence-corrected chi connectivity index (χ2v) is 8.55. The SMILES string of the molecule is C[C@@H]1Cc2cccc3c(=O)c(C(=O)N4CCN(C/C=C/c5ccccc5)CC4)cn1c23. The van der Waals surface area contributed by atoms with Crippen molar-refractivity contribution in [3.63, 3.8) is 0 Å². The van der Waals surface area contributed by atoms with Crippen LogP contribution < -0.4 is 5.43 Å². The summed E-state index contributed by atoms with van der Waals surface area (Å²) in [6.45, 7) is 5.91. The van der Waals surface area contributed by atoms with Crippen LogP contribution in [0.25, 0.3) is 17.0 Å². The molecule has 0 aliphatic carbocycles. The molecule has 0 spiro atoms. The van der Waals surface area contributed by atoms with Gasteiger partial charge in [0.25, 0.3) is 5.91 Å². The van der Waals surface area contributed by atoms with Crippen LogP contribution in [0.15, 0.2) is 65.6 Å². The molecule has 0 unspecified atom stereocenters. The number of carbonyl (C=O) groups is 1. The summed E-state index contributed by atoms with van der Waals surface area (Å²) in [6.07, 6.45) is 7.00. The van der Waals surface area contributed by atoms with Gasteiger partial charge in [0, 0.05) is 50.3 Å². The van der Waals surface area contributed by atoms with Crippen LogP contribution in [-0.2, 0) is 6.42 Å². The fourth-order valence-corrected chi connectivity index (χ4v) is 4.77. The van der Waals surface area contributed by atoms with E-state index in [9.17, 15) is 9.59 Å². The van der Waals surface area contributed by atoms with E-state index in [2.05, 4.69) is 46.7 Å². The number of hydrogen-bond acceptors (Lipinski definition) is 3. The third kappa shape index (κ3) is 3.70. The van der Waals surface area contributed by atoms with Gasteiger partial charge in [0.1, 0.15) is 5.56 Å². The second-order valence-electron chi connectivity index (χ2n) is 8.55. The molecule has 1 saturated heterocycles. The smallest absolute Gasteiger partial charge is 0.259 e. The molecule has 3 heterocycles. The van der Waals surface area contributed by atoms with Crippen molar-refractivity contribution in [1.29, 1.82) is 0 Å². The first-order valence-corrected chi connectivity index (χ1v) is 11.0. The van der Waals surface area contributed by atoms with Crippen LogP contribution in [0.1, 0.15) is 34.5 Å². The molecular weight excluding hydrogens is 386 g/mol. The van der Waals surface area contributed by atoms with Gasteiger partial charge in [0.15, 0.2) is 0 Å². The Morgan fingerprint density at radius 1 is 1.03 bits per heavy atom. The van der Waals surface area contributed by atoms with Crippen molar-refractivity contribution in [3.05, 3.63) is 87.7 Å². The fourth-order valence-electron chi connectivity index (χ4n) is 4.77. The molecule has 0 N–H and O–H groups in total. The molecule has 1 amide bonds. The molecule has 1 aromatic heterocycles. The number of aromatic nitrogens is 1. The van der Waals surface area contributed by atoms with Gasteiger partial charge in [-0.25, -0.2) is 0 Å². The minimum absolute atomic E-state index is 0.138. The molecule has 0 bridgehead atoms. The highest BCUT2D eigenvalue weighted by atomic mass is 16.2. The van der Waals surface area contributed by atoms with Gasteiger partial charge in [-0.1, -0.05) is 54.6 Å². The molecule has 31 heavy (non-hydrogen) atoms. The zero-order chi connectivity index (χ0) is 21.4. The molecule has 2 aromatic carbocycles. The lowest BCUT2D eigenvalue weighted by molar-refractivity contribution is 0.0648. The van der Waals surface area contributed by atoms with Crippen molar-refractivity contribution in [1.82, 2.24) is 14.4 Å². The van der Waals surface area contributed by atoms with Crippen molar-refractivity contribution in [2.75, 3.05) is 32.7 Å². The van der Waals surface area contributed by atoms with Crippen molar-refractivity contribution < 1.29 is 4.79 Å². The van der Waals surface area contributed by atoms with Gasteiger partial charge >= 0.3 is 0 Å². The first-order chi connectivity index (χ1) is 15.1. The lowest BCUT2D eigenvalue weighted by Gasteiger charge is -2.34. The molecule has 5 nitrogen and oxygen atoms in total. The Morgan fingerprint density at radius 2 is 1.81 bits per heavy atom. The van der Waals surface area contributed by atoms with Gasteiger partial charge in [-0.15, -0.1) is 0 Å². The monoisotopic (exact) mass is 413 g/mol. The number of benzene rings is 2. The highest BCUT2D eigenvalue weighted by molar-refractivity contribution is 5.98.